The maximum absolute atomic E-state index is 13.1. The van der Waals surface area contributed by atoms with Crippen LogP contribution >= 0.6 is 0 Å². The van der Waals surface area contributed by atoms with Crippen LogP contribution in [0.25, 0.3) is 10.9 Å². The largest absolute Gasteiger partial charge is 0.507 e. The number of H-pyrrole nitrogens is 1. The number of fused-ring (bicyclic) bond motifs is 1. The molecule has 2 aromatic rings. The van der Waals surface area contributed by atoms with Gasteiger partial charge in [0.05, 0.1) is 15.9 Å². The molecule has 0 bridgehead atoms. The Labute approximate surface area is 118 Å². The molecular weight excluding hydrogens is 309 g/mol. The first kappa shape index (κ1) is 15.5. The van der Waals surface area contributed by atoms with E-state index in [0.717, 1.165) is 6.92 Å². The smallest absolute Gasteiger partial charge is 0.417 e. The van der Waals surface area contributed by atoms with Crippen molar-refractivity contribution in [2.24, 2.45) is 0 Å². The molecule has 2 rings (SSSR count). The van der Waals surface area contributed by atoms with Crippen molar-refractivity contribution in [3.63, 3.8) is 0 Å². The molecule has 0 fully saturated rings. The minimum absolute atomic E-state index is 0.287. The van der Waals surface area contributed by atoms with Crippen LogP contribution in [0.3, 0.4) is 0 Å². The van der Waals surface area contributed by atoms with E-state index in [4.69, 9.17) is 0 Å². The van der Waals surface area contributed by atoms with Crippen LogP contribution < -0.4 is 11.0 Å². The molecule has 1 aromatic carbocycles. The van der Waals surface area contributed by atoms with Gasteiger partial charge >= 0.3 is 6.18 Å². The lowest BCUT2D eigenvalue weighted by Gasteiger charge is -2.11. The Morgan fingerprint density at radius 3 is 2.36 bits per heavy atom. The lowest BCUT2D eigenvalue weighted by atomic mass is 10.0. The van der Waals surface area contributed by atoms with Crippen LogP contribution in [0, 0.1) is 17.0 Å². The van der Waals surface area contributed by atoms with E-state index in [1.54, 1.807) is 4.98 Å². The summed E-state index contributed by atoms with van der Waals surface area (Å²) in [5.74, 6) is -1.17. The fourth-order valence-electron chi connectivity index (χ4n) is 2.09. The zero-order valence-corrected chi connectivity index (χ0v) is 10.8. The second kappa shape index (κ2) is 4.83. The van der Waals surface area contributed by atoms with E-state index in [-0.39, 0.29) is 11.6 Å². The van der Waals surface area contributed by atoms with Crippen LogP contribution in [-0.2, 0) is 6.18 Å². The number of nitrogens with one attached hydrogen (secondary N) is 1. The predicted molar refractivity (Wildman–Crippen MR) is 68.9 cm³/mol. The third-order valence-electron chi connectivity index (χ3n) is 2.96. The van der Waals surface area contributed by atoms with Crippen LogP contribution in [0.4, 0.5) is 18.9 Å². The topological polar surface area (TPSA) is 113 Å². The first-order chi connectivity index (χ1) is 10.0. The number of aromatic nitrogens is 1. The van der Waals surface area contributed by atoms with Gasteiger partial charge in [-0.15, -0.1) is 0 Å². The van der Waals surface area contributed by atoms with Gasteiger partial charge in [-0.05, 0) is 13.0 Å². The van der Waals surface area contributed by atoms with Crippen LogP contribution in [0.5, 0.6) is 5.75 Å². The first-order valence-corrected chi connectivity index (χ1v) is 5.69. The van der Waals surface area contributed by atoms with Crippen LogP contribution in [0.1, 0.15) is 11.1 Å². The maximum Gasteiger partial charge on any atom is 0.417 e. The number of aryl methyl sites for hydroxylation is 1. The number of benzene rings is 1. The number of halogens is 3. The molecule has 1 aromatic heterocycles. The van der Waals surface area contributed by atoms with Gasteiger partial charge in [-0.2, -0.15) is 13.2 Å². The van der Waals surface area contributed by atoms with E-state index in [2.05, 4.69) is 0 Å². The fourth-order valence-corrected chi connectivity index (χ4v) is 2.09. The minimum atomic E-state index is -4.95. The molecule has 22 heavy (non-hydrogen) atoms. The third kappa shape index (κ3) is 2.38. The highest BCUT2D eigenvalue weighted by Crippen LogP contribution is 2.41. The van der Waals surface area contributed by atoms with Gasteiger partial charge in [-0.3, -0.25) is 19.7 Å². The fraction of sp³-hybridized carbons (Fsp3) is 0.167. The van der Waals surface area contributed by atoms with Crippen molar-refractivity contribution in [1.82, 2.24) is 4.98 Å². The van der Waals surface area contributed by atoms with Gasteiger partial charge < -0.3 is 10.1 Å². The Bertz CT molecular complexity index is 918. The highest BCUT2D eigenvalue weighted by Gasteiger charge is 2.36. The van der Waals surface area contributed by atoms with Crippen molar-refractivity contribution in [2.45, 2.75) is 13.1 Å². The summed E-state index contributed by atoms with van der Waals surface area (Å²) in [5.41, 5.74) is -6.17. The van der Waals surface area contributed by atoms with Gasteiger partial charge in [0.25, 0.3) is 11.2 Å². The average Bonchev–Trinajstić information content (AvgIpc) is 2.45. The summed E-state index contributed by atoms with van der Waals surface area (Å²) in [4.78, 5) is 34.6. The molecule has 0 aliphatic rings. The lowest BCUT2D eigenvalue weighted by molar-refractivity contribution is -0.383. The Morgan fingerprint density at radius 1 is 1.27 bits per heavy atom. The molecule has 0 saturated carbocycles. The van der Waals surface area contributed by atoms with Gasteiger partial charge in [0.2, 0.25) is 5.43 Å². The van der Waals surface area contributed by atoms with E-state index in [0.29, 0.717) is 6.07 Å². The summed E-state index contributed by atoms with van der Waals surface area (Å²) in [5, 5.41) is 19.7. The normalized spacial score (nSPS) is 11.6. The Balaban J connectivity index is 3.28. The highest BCUT2D eigenvalue weighted by molar-refractivity contribution is 5.95. The van der Waals surface area contributed by atoms with Crippen molar-refractivity contribution >= 4 is 16.6 Å². The molecule has 0 aliphatic heterocycles. The molecule has 0 aliphatic carbocycles. The quantitative estimate of drug-likeness (QED) is 0.473. The van der Waals surface area contributed by atoms with Crippen molar-refractivity contribution in [2.75, 3.05) is 0 Å². The molecule has 0 radical (unpaired) electrons. The number of nitro groups is 1. The molecule has 0 saturated heterocycles. The number of aromatic hydroxyl groups is 1. The monoisotopic (exact) mass is 316 g/mol. The zero-order chi connectivity index (χ0) is 16.8. The van der Waals surface area contributed by atoms with Gasteiger partial charge in [0.1, 0.15) is 11.3 Å². The molecule has 116 valence electrons. The summed E-state index contributed by atoms with van der Waals surface area (Å²) in [6.07, 6.45) is -4.95. The van der Waals surface area contributed by atoms with Crippen molar-refractivity contribution in [3.05, 3.63) is 54.0 Å². The number of alkyl halides is 3. The van der Waals surface area contributed by atoms with Gasteiger partial charge in [-0.25, -0.2) is 0 Å². The second-order valence-corrected chi connectivity index (χ2v) is 4.44. The maximum atomic E-state index is 13.1. The number of nitro benzene ring substituents is 1. The number of nitrogens with zero attached hydrogens (tertiary/aromatic N) is 1. The zero-order valence-electron chi connectivity index (χ0n) is 10.8. The molecule has 2 N–H and O–H groups in total. The summed E-state index contributed by atoms with van der Waals surface area (Å²) in [6.45, 7) is 1.05. The molecular formula is C12H7F3N2O5. The van der Waals surface area contributed by atoms with E-state index in [9.17, 15) is 38.0 Å². The lowest BCUT2D eigenvalue weighted by Crippen LogP contribution is -2.22. The Kier molecular flexibility index (Phi) is 3.39. The van der Waals surface area contributed by atoms with Crippen LogP contribution in [0.2, 0.25) is 0 Å². The van der Waals surface area contributed by atoms with Gasteiger partial charge in [0.15, 0.2) is 0 Å². The summed E-state index contributed by atoms with van der Waals surface area (Å²) in [7, 11) is 0. The number of rotatable bonds is 1. The first-order valence-electron chi connectivity index (χ1n) is 5.69. The Hall–Kier alpha value is -2.91. The molecule has 7 nitrogen and oxygen atoms in total. The van der Waals surface area contributed by atoms with Gasteiger partial charge in [0, 0.05) is 11.6 Å². The number of aromatic amines is 1. The van der Waals surface area contributed by atoms with Crippen LogP contribution in [-0.4, -0.2) is 15.0 Å². The molecule has 10 heteroatoms. The molecule has 0 atom stereocenters. The molecule has 0 unspecified atom stereocenters. The average molecular weight is 316 g/mol. The highest BCUT2D eigenvalue weighted by atomic mass is 19.4. The van der Waals surface area contributed by atoms with E-state index in [1.807, 2.05) is 0 Å². The standard InChI is InChI=1S/C12H7F3N2O5/c1-4-2-5(12(13,14)15)8-6(18)3-7(19)11(20)16-9(8)10(4)17(21)22/h2-3,18H,1H3,(H,16,19,20). The molecule has 1 heterocycles. The van der Waals surface area contributed by atoms with E-state index >= 15 is 0 Å². The summed E-state index contributed by atoms with van der Waals surface area (Å²) < 4.78 is 39.2. The van der Waals surface area contributed by atoms with Crippen molar-refractivity contribution in [1.29, 1.82) is 0 Å². The van der Waals surface area contributed by atoms with E-state index < -0.39 is 50.0 Å². The number of hydrogen-bond donors (Lipinski definition) is 2. The number of hydrogen-bond acceptors (Lipinski definition) is 5. The predicted octanol–water partition coefficient (Wildman–Crippen LogP) is 1.83. The third-order valence-corrected chi connectivity index (χ3v) is 2.96. The van der Waals surface area contributed by atoms with Crippen LogP contribution in [0.15, 0.2) is 21.7 Å². The van der Waals surface area contributed by atoms with Crippen molar-refractivity contribution in [3.8, 4) is 5.75 Å². The molecule has 0 amide bonds. The van der Waals surface area contributed by atoms with Gasteiger partial charge in [-0.1, -0.05) is 0 Å². The second-order valence-electron chi connectivity index (χ2n) is 4.44. The summed E-state index contributed by atoms with van der Waals surface area (Å²) in [6, 6.07) is 0.762. The SMILES string of the molecule is Cc1cc(C(F)(F)F)c2c(O)cc(=O)c(=O)[nH]c2c1[N+](=O)[O-]. The van der Waals surface area contributed by atoms with E-state index in [1.165, 1.54) is 0 Å². The summed E-state index contributed by atoms with van der Waals surface area (Å²) >= 11 is 0. The minimum Gasteiger partial charge on any atom is -0.507 e. The van der Waals surface area contributed by atoms with Crippen molar-refractivity contribution < 1.29 is 23.2 Å². The Morgan fingerprint density at radius 2 is 1.86 bits per heavy atom. The molecule has 0 spiro atoms.